The number of nitrogens with one attached hydrogen (secondary N) is 1. The van der Waals surface area contributed by atoms with Gasteiger partial charge in [-0.15, -0.1) is 11.3 Å². The molecule has 8 heteroatoms. The van der Waals surface area contributed by atoms with Crippen LogP contribution in [0.5, 0.6) is 11.5 Å². The largest absolute Gasteiger partial charge is 0.497 e. The lowest BCUT2D eigenvalue weighted by molar-refractivity contribution is -0.143. The third-order valence-corrected chi connectivity index (χ3v) is 7.35. The van der Waals surface area contributed by atoms with E-state index in [2.05, 4.69) is 22.8 Å². The van der Waals surface area contributed by atoms with Gasteiger partial charge in [0, 0.05) is 29.6 Å². The molecule has 3 heterocycles. The van der Waals surface area contributed by atoms with Crippen molar-refractivity contribution in [2.75, 3.05) is 32.7 Å². The van der Waals surface area contributed by atoms with Crippen LogP contribution in [0.25, 0.3) is 0 Å². The molecule has 0 saturated heterocycles. The number of aryl methyl sites for hydroxylation is 3. The average Bonchev–Trinajstić information content (AvgIpc) is 3.35. The normalized spacial score (nSPS) is 13.4. The van der Waals surface area contributed by atoms with E-state index in [0.717, 1.165) is 60.0 Å². The van der Waals surface area contributed by atoms with Gasteiger partial charge in [-0.05, 0) is 74.8 Å². The number of esters is 1. The van der Waals surface area contributed by atoms with Gasteiger partial charge in [0.15, 0.2) is 0 Å². The molecule has 192 valence electrons. The van der Waals surface area contributed by atoms with Crippen LogP contribution in [-0.2, 0) is 35.2 Å². The smallest absolute Gasteiger partial charge is 0.306 e. The molecule has 0 aliphatic carbocycles. The summed E-state index contributed by atoms with van der Waals surface area (Å²) in [5.74, 6) is 2.14. The number of ether oxygens (including phenoxy) is 3. The van der Waals surface area contributed by atoms with Crippen LogP contribution in [0.3, 0.4) is 0 Å². The molecule has 1 atom stereocenters. The molecule has 3 aromatic rings. The van der Waals surface area contributed by atoms with Crippen LogP contribution in [0.15, 0.2) is 35.7 Å². The van der Waals surface area contributed by atoms with E-state index in [1.807, 2.05) is 25.1 Å². The lowest BCUT2D eigenvalue weighted by Crippen LogP contribution is -2.14. The number of benzene rings is 1. The fourth-order valence-electron chi connectivity index (χ4n) is 4.53. The summed E-state index contributed by atoms with van der Waals surface area (Å²) in [5.41, 5.74) is 4.41. The molecule has 4 rings (SSSR count). The Kier molecular flexibility index (Phi) is 9.17. The van der Waals surface area contributed by atoms with Crippen LogP contribution in [0, 0.1) is 0 Å². The van der Waals surface area contributed by atoms with Crippen molar-refractivity contribution in [2.45, 2.75) is 57.8 Å². The zero-order valence-corrected chi connectivity index (χ0v) is 22.2. The van der Waals surface area contributed by atoms with E-state index in [-0.39, 0.29) is 18.3 Å². The molecule has 7 nitrogen and oxygen atoms in total. The van der Waals surface area contributed by atoms with E-state index in [1.54, 1.807) is 25.6 Å². The first-order valence-electron chi connectivity index (χ1n) is 12.6. The van der Waals surface area contributed by atoms with Gasteiger partial charge in [-0.1, -0.05) is 6.07 Å². The quantitative estimate of drug-likeness (QED) is 0.329. The third kappa shape index (κ3) is 6.97. The van der Waals surface area contributed by atoms with Gasteiger partial charge in [0.2, 0.25) is 0 Å². The Morgan fingerprint density at radius 2 is 1.89 bits per heavy atom. The molecule has 1 aromatic carbocycles. The SMILES string of the molecule is CCOC(=O)CC(Cc1csc(CCCc2ccc3c(n2)NCCC3)n1)c1cc(OC)cc(OC)c1. The number of anilines is 1. The van der Waals surface area contributed by atoms with Crippen molar-refractivity contribution in [1.29, 1.82) is 0 Å². The number of carbonyl (C=O) groups excluding carboxylic acids is 1. The summed E-state index contributed by atoms with van der Waals surface area (Å²) in [7, 11) is 3.25. The topological polar surface area (TPSA) is 82.6 Å². The van der Waals surface area contributed by atoms with Crippen LogP contribution >= 0.6 is 11.3 Å². The predicted octanol–water partition coefficient (Wildman–Crippen LogP) is 5.37. The number of fused-ring (bicyclic) bond motifs is 1. The van der Waals surface area contributed by atoms with E-state index in [0.29, 0.717) is 24.5 Å². The summed E-state index contributed by atoms with van der Waals surface area (Å²) in [6, 6.07) is 10.1. The highest BCUT2D eigenvalue weighted by Gasteiger charge is 2.21. The molecule has 1 aliphatic rings. The summed E-state index contributed by atoms with van der Waals surface area (Å²) in [5, 5.41) is 6.63. The van der Waals surface area contributed by atoms with Crippen LogP contribution in [0.4, 0.5) is 5.82 Å². The average molecular weight is 510 g/mol. The predicted molar refractivity (Wildman–Crippen MR) is 142 cm³/mol. The number of pyridine rings is 1. The summed E-state index contributed by atoms with van der Waals surface area (Å²) in [4.78, 5) is 22.1. The highest BCUT2D eigenvalue weighted by Crippen LogP contribution is 2.32. The van der Waals surface area contributed by atoms with Gasteiger partial charge in [0.1, 0.15) is 17.3 Å². The standard InChI is InChI=1S/C28H35N3O4S/c1-4-35-27(32)16-20(21-14-24(33-2)17-25(15-21)34-3)13-23-18-36-26(30-23)9-5-8-22-11-10-19-7-6-12-29-28(19)31-22/h10-11,14-15,17-18,20H,4-9,12-13,16H2,1-3H3,(H,29,31). The van der Waals surface area contributed by atoms with Crippen molar-refractivity contribution in [3.63, 3.8) is 0 Å². The zero-order chi connectivity index (χ0) is 25.3. The second kappa shape index (κ2) is 12.7. The molecule has 0 radical (unpaired) electrons. The highest BCUT2D eigenvalue weighted by molar-refractivity contribution is 7.09. The molecule has 0 amide bonds. The molecule has 1 N–H and O–H groups in total. The van der Waals surface area contributed by atoms with Crippen molar-refractivity contribution >= 4 is 23.1 Å². The number of rotatable bonds is 12. The summed E-state index contributed by atoms with van der Waals surface area (Å²) < 4.78 is 16.1. The van der Waals surface area contributed by atoms with Gasteiger partial charge >= 0.3 is 5.97 Å². The van der Waals surface area contributed by atoms with Crippen LogP contribution in [0.2, 0.25) is 0 Å². The number of methoxy groups -OCH3 is 2. The lowest BCUT2D eigenvalue weighted by Gasteiger charge is -2.18. The van der Waals surface area contributed by atoms with E-state index >= 15 is 0 Å². The van der Waals surface area contributed by atoms with Gasteiger partial charge < -0.3 is 19.5 Å². The first-order valence-corrected chi connectivity index (χ1v) is 13.5. The van der Waals surface area contributed by atoms with Crippen molar-refractivity contribution in [3.8, 4) is 11.5 Å². The summed E-state index contributed by atoms with van der Waals surface area (Å²) in [6.07, 6.45) is 6.03. The Bertz CT molecular complexity index is 1140. The second-order valence-electron chi connectivity index (χ2n) is 8.98. The van der Waals surface area contributed by atoms with Gasteiger partial charge in [0.25, 0.3) is 0 Å². The summed E-state index contributed by atoms with van der Waals surface area (Å²) >= 11 is 1.68. The maximum atomic E-state index is 12.4. The van der Waals surface area contributed by atoms with Crippen LogP contribution in [0.1, 0.15) is 59.6 Å². The Labute approximate surface area is 217 Å². The van der Waals surface area contributed by atoms with Crippen LogP contribution in [-0.4, -0.2) is 43.3 Å². The van der Waals surface area contributed by atoms with Gasteiger partial charge in [-0.2, -0.15) is 0 Å². The molecule has 0 fully saturated rings. The molecular formula is C28H35N3O4S. The third-order valence-electron chi connectivity index (χ3n) is 6.39. The van der Waals surface area contributed by atoms with E-state index in [9.17, 15) is 4.79 Å². The number of hydrogen-bond donors (Lipinski definition) is 1. The van der Waals surface area contributed by atoms with Gasteiger partial charge in [0.05, 0.1) is 37.9 Å². The molecular weight excluding hydrogens is 474 g/mol. The minimum atomic E-state index is -0.216. The van der Waals surface area contributed by atoms with Crippen molar-refractivity contribution < 1.29 is 19.0 Å². The van der Waals surface area contributed by atoms with E-state index in [1.165, 1.54) is 12.0 Å². The number of hydrogen-bond acceptors (Lipinski definition) is 8. The van der Waals surface area contributed by atoms with Crippen molar-refractivity contribution in [2.24, 2.45) is 0 Å². The molecule has 1 aliphatic heterocycles. The minimum absolute atomic E-state index is 0.0878. The molecule has 1 unspecified atom stereocenters. The molecule has 0 spiro atoms. The molecule has 0 saturated carbocycles. The molecule has 0 bridgehead atoms. The Morgan fingerprint density at radius 3 is 2.64 bits per heavy atom. The first-order chi connectivity index (χ1) is 17.6. The Hall–Kier alpha value is -3.13. The fourth-order valence-corrected chi connectivity index (χ4v) is 5.39. The number of carbonyl (C=O) groups is 1. The first kappa shape index (κ1) is 25.9. The monoisotopic (exact) mass is 509 g/mol. The maximum Gasteiger partial charge on any atom is 0.306 e. The highest BCUT2D eigenvalue weighted by atomic mass is 32.1. The number of aromatic nitrogens is 2. The van der Waals surface area contributed by atoms with E-state index < -0.39 is 0 Å². The molecule has 36 heavy (non-hydrogen) atoms. The minimum Gasteiger partial charge on any atom is -0.497 e. The van der Waals surface area contributed by atoms with E-state index in [4.69, 9.17) is 24.2 Å². The van der Waals surface area contributed by atoms with Gasteiger partial charge in [-0.25, -0.2) is 9.97 Å². The Morgan fingerprint density at radius 1 is 1.08 bits per heavy atom. The Balaban J connectivity index is 1.40. The maximum absolute atomic E-state index is 12.4. The fraction of sp³-hybridized carbons (Fsp3) is 0.464. The van der Waals surface area contributed by atoms with Crippen molar-refractivity contribution in [1.82, 2.24) is 9.97 Å². The summed E-state index contributed by atoms with van der Waals surface area (Å²) in [6.45, 7) is 3.19. The number of thiazole rings is 1. The lowest BCUT2D eigenvalue weighted by atomic mass is 9.91. The van der Waals surface area contributed by atoms with Crippen LogP contribution < -0.4 is 14.8 Å². The zero-order valence-electron chi connectivity index (χ0n) is 21.3. The second-order valence-corrected chi connectivity index (χ2v) is 9.93. The molecule has 2 aromatic heterocycles. The van der Waals surface area contributed by atoms with Crippen molar-refractivity contribution in [3.05, 3.63) is 63.2 Å². The number of nitrogens with zero attached hydrogens (tertiary/aromatic N) is 2. The van der Waals surface area contributed by atoms with Gasteiger partial charge in [-0.3, -0.25) is 4.79 Å².